The molecular weight excluding hydrogens is 410 g/mol. The molecule has 0 heterocycles. The summed E-state index contributed by atoms with van der Waals surface area (Å²) in [4.78, 5) is 26.0. The summed E-state index contributed by atoms with van der Waals surface area (Å²) in [5.41, 5.74) is 6.09. The van der Waals surface area contributed by atoms with E-state index < -0.39 is 6.04 Å². The van der Waals surface area contributed by atoms with E-state index in [9.17, 15) is 9.59 Å². The van der Waals surface area contributed by atoms with Gasteiger partial charge in [0.1, 0.15) is 0 Å². The van der Waals surface area contributed by atoms with Gasteiger partial charge >= 0.3 is 0 Å². The lowest BCUT2D eigenvalue weighted by Gasteiger charge is -2.27. The Morgan fingerprint density at radius 2 is 1.09 bits per heavy atom. The van der Waals surface area contributed by atoms with Gasteiger partial charge in [0, 0.05) is 5.56 Å². The minimum absolute atomic E-state index is 0.0821. The van der Waals surface area contributed by atoms with E-state index >= 15 is 0 Å². The van der Waals surface area contributed by atoms with E-state index in [1.54, 1.807) is 17.1 Å². The molecule has 0 radical (unpaired) electrons. The molecule has 0 spiro atoms. The minimum atomic E-state index is -0.479. The second-order valence-electron chi connectivity index (χ2n) is 7.55. The molecule has 4 aromatic rings. The lowest BCUT2D eigenvalue weighted by Crippen LogP contribution is -2.41. The van der Waals surface area contributed by atoms with Crippen LogP contribution in [-0.4, -0.2) is 11.8 Å². The van der Waals surface area contributed by atoms with Crippen molar-refractivity contribution in [3.05, 3.63) is 132 Å². The van der Waals surface area contributed by atoms with E-state index in [4.69, 9.17) is 0 Å². The van der Waals surface area contributed by atoms with Crippen molar-refractivity contribution >= 4 is 23.2 Å². The van der Waals surface area contributed by atoms with Gasteiger partial charge in [0.15, 0.2) is 0 Å². The van der Waals surface area contributed by atoms with Crippen LogP contribution in [0.2, 0.25) is 0 Å². The molecule has 0 saturated heterocycles. The van der Waals surface area contributed by atoms with E-state index in [1.807, 2.05) is 109 Å². The first kappa shape index (κ1) is 21.8. The van der Waals surface area contributed by atoms with Gasteiger partial charge in [-0.25, -0.2) is 0 Å². The molecule has 5 nitrogen and oxygen atoms in total. The van der Waals surface area contributed by atoms with Crippen LogP contribution in [0.4, 0.5) is 11.4 Å². The highest BCUT2D eigenvalue weighted by Crippen LogP contribution is 2.24. The van der Waals surface area contributed by atoms with Crippen molar-refractivity contribution in [2.24, 2.45) is 0 Å². The van der Waals surface area contributed by atoms with Crippen LogP contribution < -0.4 is 15.8 Å². The first-order valence-electron chi connectivity index (χ1n) is 10.8. The monoisotopic (exact) mass is 435 g/mol. The molecule has 33 heavy (non-hydrogen) atoms. The Morgan fingerprint density at radius 3 is 1.61 bits per heavy atom. The number of rotatable bonds is 8. The van der Waals surface area contributed by atoms with Crippen molar-refractivity contribution in [1.29, 1.82) is 0 Å². The Balaban J connectivity index is 1.55. The Hall–Kier alpha value is -4.38. The molecule has 0 fully saturated rings. The topological polar surface area (TPSA) is 61.4 Å². The molecule has 0 saturated carbocycles. The fraction of sp³-hybridized carbons (Fsp3) is 0.0714. The van der Waals surface area contributed by atoms with Crippen molar-refractivity contribution in [2.75, 3.05) is 5.01 Å². The van der Waals surface area contributed by atoms with Gasteiger partial charge in [-0.3, -0.25) is 20.0 Å². The Morgan fingerprint density at radius 1 is 0.636 bits per heavy atom. The average molecular weight is 436 g/mol. The standard InChI is InChI=1S/C28H25N3O2/c32-27(30-31(24-17-9-3-10-18-24)25-19-11-4-12-20-25)21-26(22-13-5-1-6-14-22)29-28(33)23-15-7-2-8-16-23/h1-20,26H,21H2,(H,29,33)(H,30,32)/t26-/m1/s1. The molecule has 0 bridgehead atoms. The summed E-state index contributed by atoms with van der Waals surface area (Å²) in [7, 11) is 0. The van der Waals surface area contributed by atoms with Crippen LogP contribution in [0.15, 0.2) is 121 Å². The predicted octanol–water partition coefficient (Wildman–Crippen LogP) is 5.42. The lowest BCUT2D eigenvalue weighted by atomic mass is 10.0. The van der Waals surface area contributed by atoms with E-state index in [2.05, 4.69) is 10.7 Å². The second kappa shape index (κ2) is 10.8. The first-order chi connectivity index (χ1) is 16.2. The van der Waals surface area contributed by atoms with Gasteiger partial charge in [0.25, 0.3) is 5.91 Å². The van der Waals surface area contributed by atoms with E-state index in [-0.39, 0.29) is 18.2 Å². The van der Waals surface area contributed by atoms with Gasteiger partial charge in [-0.1, -0.05) is 84.9 Å². The van der Waals surface area contributed by atoms with Gasteiger partial charge in [0.2, 0.25) is 5.91 Å². The number of nitrogens with one attached hydrogen (secondary N) is 2. The molecule has 4 rings (SSSR count). The minimum Gasteiger partial charge on any atom is -0.345 e. The molecule has 2 N–H and O–H groups in total. The highest BCUT2D eigenvalue weighted by molar-refractivity contribution is 5.94. The molecule has 4 aromatic carbocycles. The zero-order valence-corrected chi connectivity index (χ0v) is 18.1. The lowest BCUT2D eigenvalue weighted by molar-refractivity contribution is -0.121. The summed E-state index contributed by atoms with van der Waals surface area (Å²) in [6.45, 7) is 0. The molecule has 0 aromatic heterocycles. The molecular formula is C28H25N3O2. The Kier molecular flexibility index (Phi) is 7.13. The van der Waals surface area contributed by atoms with Crippen molar-refractivity contribution in [2.45, 2.75) is 12.5 Å². The zero-order valence-electron chi connectivity index (χ0n) is 18.1. The SMILES string of the molecule is O=C(C[C@@H](NC(=O)c1ccccc1)c1ccccc1)NN(c1ccccc1)c1ccccc1. The van der Waals surface area contributed by atoms with Crippen LogP contribution in [0.1, 0.15) is 28.4 Å². The number of para-hydroxylation sites is 2. The van der Waals surface area contributed by atoms with Crippen molar-refractivity contribution in [3.63, 3.8) is 0 Å². The van der Waals surface area contributed by atoms with Crippen molar-refractivity contribution < 1.29 is 9.59 Å². The van der Waals surface area contributed by atoms with Gasteiger partial charge < -0.3 is 5.32 Å². The number of hydrogen-bond acceptors (Lipinski definition) is 3. The number of amides is 2. The first-order valence-corrected chi connectivity index (χ1v) is 10.8. The molecule has 0 unspecified atom stereocenters. The number of carbonyl (C=O) groups is 2. The smallest absolute Gasteiger partial charge is 0.251 e. The summed E-state index contributed by atoms with van der Waals surface area (Å²) in [5.74, 6) is -0.440. The summed E-state index contributed by atoms with van der Waals surface area (Å²) in [6, 6.07) is 37.3. The number of carbonyl (C=O) groups excluding carboxylic acids is 2. The van der Waals surface area contributed by atoms with Gasteiger partial charge in [-0.05, 0) is 42.0 Å². The second-order valence-corrected chi connectivity index (χ2v) is 7.55. The van der Waals surface area contributed by atoms with Crippen LogP contribution in [-0.2, 0) is 4.79 Å². The average Bonchev–Trinajstić information content (AvgIpc) is 2.89. The summed E-state index contributed by atoms with van der Waals surface area (Å²) < 4.78 is 0. The van der Waals surface area contributed by atoms with Crippen LogP contribution in [0, 0.1) is 0 Å². The zero-order chi connectivity index (χ0) is 22.9. The normalized spacial score (nSPS) is 11.3. The van der Waals surface area contributed by atoms with Crippen LogP contribution >= 0.6 is 0 Å². The van der Waals surface area contributed by atoms with E-state index in [0.717, 1.165) is 16.9 Å². The maximum atomic E-state index is 13.2. The number of hydrogen-bond donors (Lipinski definition) is 2. The maximum Gasteiger partial charge on any atom is 0.251 e. The third-order valence-electron chi connectivity index (χ3n) is 5.20. The summed E-state index contributed by atoms with van der Waals surface area (Å²) >= 11 is 0. The number of hydrazine groups is 1. The predicted molar refractivity (Wildman–Crippen MR) is 131 cm³/mol. The van der Waals surface area contributed by atoms with Crippen molar-refractivity contribution in [3.8, 4) is 0 Å². The van der Waals surface area contributed by atoms with Crippen LogP contribution in [0.3, 0.4) is 0 Å². The molecule has 0 aliphatic carbocycles. The van der Waals surface area contributed by atoms with Crippen molar-refractivity contribution in [1.82, 2.24) is 10.7 Å². The molecule has 1 atom stereocenters. The third kappa shape index (κ3) is 5.86. The molecule has 5 heteroatoms. The number of nitrogens with zero attached hydrogens (tertiary/aromatic N) is 1. The third-order valence-corrected chi connectivity index (χ3v) is 5.20. The fourth-order valence-corrected chi connectivity index (χ4v) is 3.56. The van der Waals surface area contributed by atoms with E-state index in [1.165, 1.54) is 0 Å². The molecule has 164 valence electrons. The number of benzene rings is 4. The Bertz CT molecular complexity index is 1130. The largest absolute Gasteiger partial charge is 0.345 e. The summed E-state index contributed by atoms with van der Waals surface area (Å²) in [6.07, 6.45) is 0.0821. The fourth-order valence-electron chi connectivity index (χ4n) is 3.56. The highest BCUT2D eigenvalue weighted by atomic mass is 16.2. The highest BCUT2D eigenvalue weighted by Gasteiger charge is 2.21. The van der Waals surface area contributed by atoms with Crippen LogP contribution in [0.5, 0.6) is 0 Å². The summed E-state index contributed by atoms with van der Waals surface area (Å²) in [5, 5.41) is 4.77. The maximum absolute atomic E-state index is 13.2. The number of anilines is 2. The molecule has 2 amide bonds. The van der Waals surface area contributed by atoms with Gasteiger partial charge in [-0.15, -0.1) is 0 Å². The quantitative estimate of drug-likeness (QED) is 0.364. The van der Waals surface area contributed by atoms with Gasteiger partial charge in [0.05, 0.1) is 23.8 Å². The van der Waals surface area contributed by atoms with Crippen LogP contribution in [0.25, 0.3) is 0 Å². The molecule has 0 aliphatic heterocycles. The Labute approximate surface area is 193 Å². The van der Waals surface area contributed by atoms with E-state index in [0.29, 0.717) is 5.56 Å². The molecule has 0 aliphatic rings. The van der Waals surface area contributed by atoms with Gasteiger partial charge in [-0.2, -0.15) is 0 Å².